The normalized spacial score (nSPS) is 17.7. The highest BCUT2D eigenvalue weighted by molar-refractivity contribution is 7.99. The number of carbonyl (C=O) groups is 2. The van der Waals surface area contributed by atoms with Gasteiger partial charge in [-0.2, -0.15) is 11.8 Å². The molecule has 0 bridgehead atoms. The van der Waals surface area contributed by atoms with Crippen LogP contribution in [0.5, 0.6) is 5.75 Å². The van der Waals surface area contributed by atoms with Crippen LogP contribution in [0.4, 0.5) is 5.69 Å². The van der Waals surface area contributed by atoms with E-state index in [1.807, 2.05) is 32.0 Å². The fourth-order valence-corrected chi connectivity index (χ4v) is 3.08. The van der Waals surface area contributed by atoms with Gasteiger partial charge in [0.15, 0.2) is 6.10 Å². The van der Waals surface area contributed by atoms with Gasteiger partial charge in [0.25, 0.3) is 5.91 Å². The molecule has 1 aromatic carbocycles. The molecule has 0 saturated heterocycles. The highest BCUT2D eigenvalue weighted by Crippen LogP contribution is 2.32. The van der Waals surface area contributed by atoms with Gasteiger partial charge in [-0.3, -0.25) is 9.59 Å². The number of fused-ring (bicyclic) bond motifs is 1. The van der Waals surface area contributed by atoms with Crippen molar-refractivity contribution in [1.29, 1.82) is 0 Å². The molecule has 2 rings (SSSR count). The number of ether oxygens (including phenoxy) is 1. The third-order valence-electron chi connectivity index (χ3n) is 3.66. The maximum atomic E-state index is 11.9. The van der Waals surface area contributed by atoms with Crippen molar-refractivity contribution in [3.05, 3.63) is 23.8 Å². The lowest BCUT2D eigenvalue weighted by Crippen LogP contribution is -2.36. The molecule has 2 amide bonds. The monoisotopic (exact) mass is 336 g/mol. The average molecular weight is 336 g/mol. The highest BCUT2D eigenvalue weighted by atomic mass is 32.2. The summed E-state index contributed by atoms with van der Waals surface area (Å²) in [4.78, 5) is 23.7. The van der Waals surface area contributed by atoms with Crippen molar-refractivity contribution in [3.63, 3.8) is 0 Å². The average Bonchev–Trinajstić information content (AvgIpc) is 2.53. The second kappa shape index (κ2) is 8.24. The molecular weight excluding hydrogens is 312 g/mol. The first kappa shape index (κ1) is 17.7. The zero-order valence-electron chi connectivity index (χ0n) is 13.8. The quantitative estimate of drug-likeness (QED) is 0.751. The lowest BCUT2D eigenvalue weighted by Gasteiger charge is -2.26. The van der Waals surface area contributed by atoms with Crippen molar-refractivity contribution in [2.24, 2.45) is 0 Å². The summed E-state index contributed by atoms with van der Waals surface area (Å²) in [5.41, 5.74) is 1.64. The van der Waals surface area contributed by atoms with Crippen LogP contribution in [0.15, 0.2) is 18.2 Å². The maximum absolute atomic E-state index is 11.9. The van der Waals surface area contributed by atoms with Crippen molar-refractivity contribution in [1.82, 2.24) is 5.32 Å². The number of rotatable bonds is 7. The number of thioether (sulfide) groups is 1. The van der Waals surface area contributed by atoms with Gasteiger partial charge in [-0.15, -0.1) is 0 Å². The Labute approximate surface area is 141 Å². The van der Waals surface area contributed by atoms with Crippen LogP contribution < -0.4 is 15.4 Å². The summed E-state index contributed by atoms with van der Waals surface area (Å²) < 4.78 is 5.74. The molecule has 126 valence electrons. The fourth-order valence-electron chi connectivity index (χ4n) is 2.37. The lowest BCUT2D eigenvalue weighted by atomic mass is 10.1. The molecular formula is C17H24N2O3S. The van der Waals surface area contributed by atoms with E-state index in [9.17, 15) is 9.59 Å². The number of amides is 2. The van der Waals surface area contributed by atoms with E-state index in [0.29, 0.717) is 23.6 Å². The molecule has 2 atom stereocenters. The molecule has 2 N–H and O–H groups in total. The van der Waals surface area contributed by atoms with Crippen molar-refractivity contribution in [3.8, 4) is 5.75 Å². The van der Waals surface area contributed by atoms with Gasteiger partial charge in [0.1, 0.15) is 5.75 Å². The minimum atomic E-state index is -0.451. The molecule has 1 heterocycles. The molecule has 5 nitrogen and oxygen atoms in total. The summed E-state index contributed by atoms with van der Waals surface area (Å²) in [6, 6.07) is 5.51. The minimum absolute atomic E-state index is 0.0364. The van der Waals surface area contributed by atoms with Crippen LogP contribution in [-0.2, 0) is 9.59 Å². The SMILES string of the molecule is CCCSCC(=O)N[C@H](C)c1ccc2c(c1)O[C@H](CC)C(=O)N2. The molecule has 0 fully saturated rings. The third kappa shape index (κ3) is 4.64. The van der Waals surface area contributed by atoms with Gasteiger partial charge in [0, 0.05) is 0 Å². The summed E-state index contributed by atoms with van der Waals surface area (Å²) >= 11 is 1.64. The van der Waals surface area contributed by atoms with Crippen molar-refractivity contribution in [2.75, 3.05) is 16.8 Å². The Morgan fingerprint density at radius 2 is 2.22 bits per heavy atom. The summed E-state index contributed by atoms with van der Waals surface area (Å²) in [6.07, 6.45) is 1.24. The molecule has 0 unspecified atom stereocenters. The first-order valence-electron chi connectivity index (χ1n) is 8.03. The molecule has 0 aliphatic carbocycles. The molecule has 23 heavy (non-hydrogen) atoms. The Morgan fingerprint density at radius 1 is 1.43 bits per heavy atom. The van der Waals surface area contributed by atoms with Gasteiger partial charge >= 0.3 is 0 Å². The summed E-state index contributed by atoms with van der Waals surface area (Å²) in [5.74, 6) is 2.06. The maximum Gasteiger partial charge on any atom is 0.265 e. The third-order valence-corrected chi connectivity index (χ3v) is 4.82. The highest BCUT2D eigenvalue weighted by Gasteiger charge is 2.26. The van der Waals surface area contributed by atoms with Gasteiger partial charge in [-0.1, -0.05) is 19.9 Å². The van der Waals surface area contributed by atoms with Gasteiger partial charge in [-0.25, -0.2) is 0 Å². The van der Waals surface area contributed by atoms with E-state index in [1.165, 1.54) is 0 Å². The van der Waals surface area contributed by atoms with Crippen molar-refractivity contribution < 1.29 is 14.3 Å². The van der Waals surface area contributed by atoms with Crippen LogP contribution in [0.2, 0.25) is 0 Å². The fraction of sp³-hybridized carbons (Fsp3) is 0.529. The van der Waals surface area contributed by atoms with E-state index in [0.717, 1.165) is 17.7 Å². The van der Waals surface area contributed by atoms with E-state index in [1.54, 1.807) is 11.8 Å². The van der Waals surface area contributed by atoms with Crippen LogP contribution in [0, 0.1) is 0 Å². The number of carbonyl (C=O) groups excluding carboxylic acids is 2. The Balaban J connectivity index is 2.01. The Hall–Kier alpha value is -1.69. The molecule has 1 aliphatic rings. The first-order valence-corrected chi connectivity index (χ1v) is 9.19. The molecule has 1 aromatic rings. The van der Waals surface area contributed by atoms with Crippen molar-refractivity contribution in [2.45, 2.75) is 45.8 Å². The van der Waals surface area contributed by atoms with E-state index in [-0.39, 0.29) is 17.9 Å². The van der Waals surface area contributed by atoms with E-state index in [2.05, 4.69) is 17.6 Å². The van der Waals surface area contributed by atoms with Gasteiger partial charge in [0.2, 0.25) is 5.91 Å². The second-order valence-corrected chi connectivity index (χ2v) is 6.71. The first-order chi connectivity index (χ1) is 11.0. The minimum Gasteiger partial charge on any atom is -0.478 e. The summed E-state index contributed by atoms with van der Waals surface area (Å²) in [5, 5.41) is 5.84. The van der Waals surface area contributed by atoms with Crippen LogP contribution in [-0.4, -0.2) is 29.4 Å². The van der Waals surface area contributed by atoms with Crippen LogP contribution >= 0.6 is 11.8 Å². The Morgan fingerprint density at radius 3 is 2.91 bits per heavy atom. The van der Waals surface area contributed by atoms with Crippen molar-refractivity contribution >= 4 is 29.3 Å². The Kier molecular flexibility index (Phi) is 6.33. The molecule has 0 spiro atoms. The molecule has 0 saturated carbocycles. The summed E-state index contributed by atoms with van der Waals surface area (Å²) in [6.45, 7) is 5.96. The number of anilines is 1. The second-order valence-electron chi connectivity index (χ2n) is 5.60. The van der Waals surface area contributed by atoms with E-state index >= 15 is 0 Å². The smallest absolute Gasteiger partial charge is 0.265 e. The largest absolute Gasteiger partial charge is 0.478 e. The number of hydrogen-bond donors (Lipinski definition) is 2. The number of hydrogen-bond acceptors (Lipinski definition) is 4. The molecule has 0 aromatic heterocycles. The van der Waals surface area contributed by atoms with Gasteiger partial charge in [-0.05, 0) is 43.2 Å². The number of benzene rings is 1. The predicted octanol–water partition coefficient (Wildman–Crippen LogP) is 3.12. The van der Waals surface area contributed by atoms with Crippen LogP contribution in [0.1, 0.15) is 45.2 Å². The molecule has 0 radical (unpaired) electrons. The lowest BCUT2D eigenvalue weighted by molar-refractivity contribution is -0.123. The number of nitrogens with one attached hydrogen (secondary N) is 2. The summed E-state index contributed by atoms with van der Waals surface area (Å²) in [7, 11) is 0. The zero-order valence-corrected chi connectivity index (χ0v) is 14.7. The van der Waals surface area contributed by atoms with Gasteiger partial charge < -0.3 is 15.4 Å². The zero-order chi connectivity index (χ0) is 16.8. The molecule has 6 heteroatoms. The molecule has 1 aliphatic heterocycles. The standard InChI is InChI=1S/C17H24N2O3S/c1-4-8-23-10-16(20)18-11(3)12-6-7-13-15(9-12)22-14(5-2)17(21)19-13/h6-7,9,11,14H,4-5,8,10H2,1-3H3,(H,18,20)(H,19,21)/t11-,14-/m1/s1. The van der Waals surface area contributed by atoms with Gasteiger partial charge in [0.05, 0.1) is 17.5 Å². The van der Waals surface area contributed by atoms with E-state index in [4.69, 9.17) is 4.74 Å². The Bertz CT molecular complexity index is 577. The topological polar surface area (TPSA) is 67.4 Å². The van der Waals surface area contributed by atoms with Crippen LogP contribution in [0.3, 0.4) is 0 Å². The predicted molar refractivity (Wildman–Crippen MR) is 94.0 cm³/mol. The van der Waals surface area contributed by atoms with Crippen LogP contribution in [0.25, 0.3) is 0 Å². The van der Waals surface area contributed by atoms with E-state index < -0.39 is 6.10 Å².